The van der Waals surface area contributed by atoms with Crippen LogP contribution in [-0.2, 0) is 6.42 Å². The van der Waals surface area contributed by atoms with Crippen molar-refractivity contribution in [3.05, 3.63) is 70.8 Å². The lowest BCUT2D eigenvalue weighted by Gasteiger charge is -2.13. The van der Waals surface area contributed by atoms with Gasteiger partial charge in [-0.05, 0) is 54.3 Å². The van der Waals surface area contributed by atoms with Gasteiger partial charge in [0.25, 0.3) is 0 Å². The molecule has 1 nitrogen and oxygen atoms in total. The number of aryl methyl sites for hydroxylation is 1. The molecule has 0 aliphatic carbocycles. The van der Waals surface area contributed by atoms with Gasteiger partial charge in [0, 0.05) is 6.04 Å². The van der Waals surface area contributed by atoms with Crippen molar-refractivity contribution in [2.24, 2.45) is 5.73 Å². The van der Waals surface area contributed by atoms with E-state index in [1.54, 1.807) is 12.1 Å². The van der Waals surface area contributed by atoms with Crippen molar-refractivity contribution >= 4 is 0 Å². The van der Waals surface area contributed by atoms with Crippen LogP contribution in [0.3, 0.4) is 0 Å². The van der Waals surface area contributed by atoms with E-state index in [-0.39, 0.29) is 17.7 Å². The molecule has 2 aromatic rings. The highest BCUT2D eigenvalue weighted by atomic mass is 19.1. The zero-order valence-electron chi connectivity index (χ0n) is 10.2. The first kappa shape index (κ1) is 12.7. The van der Waals surface area contributed by atoms with Crippen LogP contribution in [0.5, 0.6) is 0 Å². The first-order chi connectivity index (χ1) is 8.54. The molecule has 0 bridgehead atoms. The van der Waals surface area contributed by atoms with Gasteiger partial charge < -0.3 is 5.73 Å². The molecule has 0 fully saturated rings. The summed E-state index contributed by atoms with van der Waals surface area (Å²) in [5.41, 5.74) is 8.59. The van der Waals surface area contributed by atoms with E-state index in [9.17, 15) is 8.78 Å². The quantitative estimate of drug-likeness (QED) is 0.882. The Bertz CT molecular complexity index is 514. The van der Waals surface area contributed by atoms with Gasteiger partial charge in [0.15, 0.2) is 0 Å². The van der Waals surface area contributed by atoms with Crippen LogP contribution in [-0.4, -0.2) is 0 Å². The highest BCUT2D eigenvalue weighted by molar-refractivity contribution is 5.28. The summed E-state index contributed by atoms with van der Waals surface area (Å²) in [6, 6.07) is 10.7. The first-order valence-corrected chi connectivity index (χ1v) is 5.82. The Kier molecular flexibility index (Phi) is 3.72. The Morgan fingerprint density at radius 2 is 1.67 bits per heavy atom. The third-order valence-electron chi connectivity index (χ3n) is 2.86. The predicted molar refractivity (Wildman–Crippen MR) is 68.2 cm³/mol. The fourth-order valence-electron chi connectivity index (χ4n) is 1.97. The number of hydrogen-bond acceptors (Lipinski definition) is 1. The molecule has 94 valence electrons. The van der Waals surface area contributed by atoms with Crippen LogP contribution in [0.15, 0.2) is 42.5 Å². The van der Waals surface area contributed by atoms with Gasteiger partial charge in [0.2, 0.25) is 0 Å². The highest BCUT2D eigenvalue weighted by Gasteiger charge is 2.09. The average Bonchev–Trinajstić information content (AvgIpc) is 2.31. The zero-order valence-corrected chi connectivity index (χ0v) is 10.2. The summed E-state index contributed by atoms with van der Waals surface area (Å²) < 4.78 is 26.0. The topological polar surface area (TPSA) is 26.0 Å². The molecule has 1 unspecified atom stereocenters. The SMILES string of the molecule is Cc1cc(F)cc(C(N)Cc2ccc(F)cc2)c1. The summed E-state index contributed by atoms with van der Waals surface area (Å²) in [5.74, 6) is -0.548. The van der Waals surface area contributed by atoms with Crippen LogP contribution < -0.4 is 5.73 Å². The number of nitrogens with two attached hydrogens (primary N) is 1. The van der Waals surface area contributed by atoms with Crippen molar-refractivity contribution in [2.75, 3.05) is 0 Å². The second kappa shape index (κ2) is 5.27. The van der Waals surface area contributed by atoms with Crippen LogP contribution in [0, 0.1) is 18.6 Å². The maximum absolute atomic E-state index is 13.3. The lowest BCUT2D eigenvalue weighted by Crippen LogP contribution is -2.13. The van der Waals surface area contributed by atoms with Crippen molar-refractivity contribution in [2.45, 2.75) is 19.4 Å². The lowest BCUT2D eigenvalue weighted by atomic mass is 9.98. The molecule has 1 atom stereocenters. The normalized spacial score (nSPS) is 12.4. The summed E-state index contributed by atoms with van der Waals surface area (Å²) in [7, 11) is 0. The van der Waals surface area contributed by atoms with E-state index in [4.69, 9.17) is 5.73 Å². The van der Waals surface area contributed by atoms with Gasteiger partial charge in [-0.1, -0.05) is 18.2 Å². The number of rotatable bonds is 3. The molecule has 0 spiro atoms. The molecule has 3 heteroatoms. The fourth-order valence-corrected chi connectivity index (χ4v) is 1.97. The van der Waals surface area contributed by atoms with E-state index in [0.29, 0.717) is 6.42 Å². The minimum atomic E-state index is -0.287. The second-order valence-electron chi connectivity index (χ2n) is 4.50. The molecule has 2 N–H and O–H groups in total. The lowest BCUT2D eigenvalue weighted by molar-refractivity contribution is 0.616. The Labute approximate surface area is 105 Å². The van der Waals surface area contributed by atoms with E-state index in [0.717, 1.165) is 16.7 Å². The van der Waals surface area contributed by atoms with Crippen LogP contribution >= 0.6 is 0 Å². The van der Waals surface area contributed by atoms with Crippen molar-refractivity contribution in [1.29, 1.82) is 0 Å². The van der Waals surface area contributed by atoms with E-state index in [1.807, 2.05) is 13.0 Å². The Morgan fingerprint density at radius 1 is 1.00 bits per heavy atom. The molecule has 0 saturated carbocycles. The van der Waals surface area contributed by atoms with Crippen molar-refractivity contribution in [3.8, 4) is 0 Å². The number of hydrogen-bond donors (Lipinski definition) is 1. The van der Waals surface area contributed by atoms with Gasteiger partial charge in [-0.15, -0.1) is 0 Å². The van der Waals surface area contributed by atoms with Gasteiger partial charge >= 0.3 is 0 Å². The highest BCUT2D eigenvalue weighted by Crippen LogP contribution is 2.19. The van der Waals surface area contributed by atoms with Crippen LogP contribution in [0.25, 0.3) is 0 Å². The smallest absolute Gasteiger partial charge is 0.123 e. The van der Waals surface area contributed by atoms with E-state index in [2.05, 4.69) is 0 Å². The van der Waals surface area contributed by atoms with Crippen molar-refractivity contribution in [1.82, 2.24) is 0 Å². The molecule has 0 heterocycles. The molecule has 0 aliphatic heterocycles. The zero-order chi connectivity index (χ0) is 13.1. The minimum Gasteiger partial charge on any atom is -0.324 e. The molecule has 2 aromatic carbocycles. The van der Waals surface area contributed by atoms with E-state index < -0.39 is 0 Å². The maximum atomic E-state index is 13.3. The standard InChI is InChI=1S/C15H15F2N/c1-10-6-12(9-14(17)7-10)15(18)8-11-2-4-13(16)5-3-11/h2-7,9,15H,8,18H2,1H3. The second-order valence-corrected chi connectivity index (χ2v) is 4.50. The fraction of sp³-hybridized carbons (Fsp3) is 0.200. The van der Waals surface area contributed by atoms with Crippen molar-refractivity contribution in [3.63, 3.8) is 0 Å². The number of halogens is 2. The molecule has 2 rings (SSSR count). The molecule has 0 amide bonds. The Morgan fingerprint density at radius 3 is 2.28 bits per heavy atom. The summed E-state index contributed by atoms with van der Waals surface area (Å²) in [4.78, 5) is 0. The van der Waals surface area contributed by atoms with Gasteiger partial charge in [0.1, 0.15) is 11.6 Å². The van der Waals surface area contributed by atoms with Gasteiger partial charge in [-0.25, -0.2) is 8.78 Å². The van der Waals surface area contributed by atoms with Gasteiger partial charge in [-0.3, -0.25) is 0 Å². The maximum Gasteiger partial charge on any atom is 0.123 e. The average molecular weight is 247 g/mol. The minimum absolute atomic E-state index is 0.270. The predicted octanol–water partition coefficient (Wildman–Crippen LogP) is 3.52. The van der Waals surface area contributed by atoms with Gasteiger partial charge in [-0.2, -0.15) is 0 Å². The summed E-state index contributed by atoms with van der Waals surface area (Å²) >= 11 is 0. The van der Waals surface area contributed by atoms with Crippen LogP contribution in [0.4, 0.5) is 8.78 Å². The molecule has 18 heavy (non-hydrogen) atoms. The summed E-state index contributed by atoms with van der Waals surface area (Å²) in [6.07, 6.45) is 0.559. The third-order valence-corrected chi connectivity index (χ3v) is 2.86. The summed E-state index contributed by atoms with van der Waals surface area (Å²) in [6.45, 7) is 1.83. The molecule has 0 aliphatic rings. The molecular formula is C15H15F2N. The Hall–Kier alpha value is -1.74. The van der Waals surface area contributed by atoms with Crippen molar-refractivity contribution < 1.29 is 8.78 Å². The monoisotopic (exact) mass is 247 g/mol. The Balaban J connectivity index is 2.16. The first-order valence-electron chi connectivity index (χ1n) is 5.82. The molecule has 0 aromatic heterocycles. The summed E-state index contributed by atoms with van der Waals surface area (Å²) in [5, 5.41) is 0. The molecular weight excluding hydrogens is 232 g/mol. The van der Waals surface area contributed by atoms with E-state index >= 15 is 0 Å². The number of benzene rings is 2. The molecule has 0 radical (unpaired) electrons. The van der Waals surface area contributed by atoms with Crippen LogP contribution in [0.2, 0.25) is 0 Å². The van der Waals surface area contributed by atoms with Crippen LogP contribution in [0.1, 0.15) is 22.7 Å². The third kappa shape index (κ3) is 3.14. The van der Waals surface area contributed by atoms with Gasteiger partial charge in [0.05, 0.1) is 0 Å². The van der Waals surface area contributed by atoms with E-state index in [1.165, 1.54) is 24.3 Å². The largest absolute Gasteiger partial charge is 0.324 e. The molecule has 0 saturated heterocycles.